The van der Waals surface area contributed by atoms with Crippen LogP contribution in [0.1, 0.15) is 32.8 Å². The summed E-state index contributed by atoms with van der Waals surface area (Å²) < 4.78 is 5.13. The Kier molecular flexibility index (Phi) is 5.18. The van der Waals surface area contributed by atoms with Gasteiger partial charge in [-0.2, -0.15) is 15.2 Å². The number of rotatable bonds is 6. The van der Waals surface area contributed by atoms with E-state index in [0.29, 0.717) is 17.3 Å². The Bertz CT molecular complexity index is 439. The minimum atomic E-state index is 0.210. The van der Waals surface area contributed by atoms with E-state index in [2.05, 4.69) is 26.7 Å². The van der Waals surface area contributed by atoms with Gasteiger partial charge >= 0.3 is 0 Å². The van der Waals surface area contributed by atoms with Gasteiger partial charge < -0.3 is 15.4 Å². The molecule has 0 radical (unpaired) electrons. The topological polar surface area (TPSA) is 82.9 Å². The summed E-state index contributed by atoms with van der Waals surface area (Å²) in [5.74, 6) is 1.25. The molecule has 6 heteroatoms. The van der Waals surface area contributed by atoms with Crippen molar-refractivity contribution in [2.45, 2.75) is 33.2 Å². The number of methoxy groups -OCH3 is 1. The first-order chi connectivity index (χ1) is 8.62. The third kappa shape index (κ3) is 3.48. The van der Waals surface area contributed by atoms with Crippen LogP contribution in [0.3, 0.4) is 0 Å². The Labute approximate surface area is 107 Å². The molecule has 1 aromatic rings. The van der Waals surface area contributed by atoms with Gasteiger partial charge in [0.05, 0.1) is 7.11 Å². The molecule has 0 fully saturated rings. The van der Waals surface area contributed by atoms with Gasteiger partial charge in [-0.3, -0.25) is 0 Å². The molecule has 0 aliphatic rings. The van der Waals surface area contributed by atoms with Crippen molar-refractivity contribution in [3.8, 4) is 11.9 Å². The standard InChI is InChI=1S/C12H19N5O/c1-5-6-14-10-9(7-13)11(18-4)17-12(16-10)15-8(2)3/h8H,5-6H2,1-4H3,(H2,14,15,16,17). The maximum atomic E-state index is 9.13. The third-order valence-corrected chi connectivity index (χ3v) is 2.14. The van der Waals surface area contributed by atoms with Crippen molar-refractivity contribution in [1.82, 2.24) is 9.97 Å². The molecule has 0 aromatic carbocycles. The third-order valence-electron chi connectivity index (χ3n) is 2.14. The summed E-state index contributed by atoms with van der Waals surface area (Å²) in [6.45, 7) is 6.78. The van der Waals surface area contributed by atoms with E-state index in [1.807, 2.05) is 20.8 Å². The van der Waals surface area contributed by atoms with E-state index in [-0.39, 0.29) is 11.9 Å². The Morgan fingerprint density at radius 1 is 1.39 bits per heavy atom. The highest BCUT2D eigenvalue weighted by Gasteiger charge is 2.15. The number of nitriles is 1. The van der Waals surface area contributed by atoms with Gasteiger partial charge in [0.1, 0.15) is 6.07 Å². The molecule has 0 aliphatic carbocycles. The van der Waals surface area contributed by atoms with Crippen molar-refractivity contribution >= 4 is 11.8 Å². The normalized spacial score (nSPS) is 10.0. The van der Waals surface area contributed by atoms with E-state index in [1.165, 1.54) is 7.11 Å². The van der Waals surface area contributed by atoms with Crippen LogP contribution < -0.4 is 15.4 Å². The van der Waals surface area contributed by atoms with Gasteiger partial charge in [-0.25, -0.2) is 0 Å². The van der Waals surface area contributed by atoms with Gasteiger partial charge in [0.2, 0.25) is 11.8 Å². The van der Waals surface area contributed by atoms with Crippen LogP contribution in [-0.2, 0) is 0 Å². The van der Waals surface area contributed by atoms with Crippen LogP contribution in [0.2, 0.25) is 0 Å². The van der Waals surface area contributed by atoms with Gasteiger partial charge in [-0.05, 0) is 20.3 Å². The largest absolute Gasteiger partial charge is 0.480 e. The number of aromatic nitrogens is 2. The highest BCUT2D eigenvalue weighted by atomic mass is 16.5. The van der Waals surface area contributed by atoms with Crippen LogP contribution in [-0.4, -0.2) is 29.7 Å². The predicted octanol–water partition coefficient (Wildman–Crippen LogP) is 2.00. The molecule has 1 rings (SSSR count). The zero-order valence-electron chi connectivity index (χ0n) is 11.2. The summed E-state index contributed by atoms with van der Waals surface area (Å²) in [6, 6.07) is 2.27. The molecule has 6 nitrogen and oxygen atoms in total. The van der Waals surface area contributed by atoms with E-state index in [4.69, 9.17) is 10.00 Å². The van der Waals surface area contributed by atoms with E-state index >= 15 is 0 Å². The predicted molar refractivity (Wildman–Crippen MR) is 70.8 cm³/mol. The summed E-state index contributed by atoms with van der Waals surface area (Å²) in [5, 5.41) is 15.3. The number of nitrogens with zero attached hydrogens (tertiary/aromatic N) is 3. The second kappa shape index (κ2) is 6.64. The van der Waals surface area contributed by atoms with E-state index in [1.54, 1.807) is 0 Å². The van der Waals surface area contributed by atoms with Crippen LogP contribution >= 0.6 is 0 Å². The number of ether oxygens (including phenoxy) is 1. The van der Waals surface area contributed by atoms with Gasteiger partial charge in [0.25, 0.3) is 0 Å². The molecule has 18 heavy (non-hydrogen) atoms. The lowest BCUT2D eigenvalue weighted by Crippen LogP contribution is -2.15. The van der Waals surface area contributed by atoms with Crippen molar-refractivity contribution < 1.29 is 4.74 Å². The molecular formula is C12H19N5O. The molecule has 2 N–H and O–H groups in total. The zero-order chi connectivity index (χ0) is 13.5. The monoisotopic (exact) mass is 249 g/mol. The van der Waals surface area contributed by atoms with Crippen LogP contribution in [0.5, 0.6) is 5.88 Å². The molecular weight excluding hydrogens is 230 g/mol. The molecule has 0 saturated carbocycles. The molecule has 0 saturated heterocycles. The van der Waals surface area contributed by atoms with Gasteiger partial charge in [-0.1, -0.05) is 6.92 Å². The van der Waals surface area contributed by atoms with E-state index < -0.39 is 0 Å². The van der Waals surface area contributed by atoms with Crippen LogP contribution in [0.15, 0.2) is 0 Å². The summed E-state index contributed by atoms with van der Waals surface area (Å²) >= 11 is 0. The van der Waals surface area contributed by atoms with Crippen LogP contribution in [0.25, 0.3) is 0 Å². The van der Waals surface area contributed by atoms with Crippen molar-refractivity contribution in [2.75, 3.05) is 24.3 Å². The zero-order valence-corrected chi connectivity index (χ0v) is 11.2. The van der Waals surface area contributed by atoms with Crippen LogP contribution in [0.4, 0.5) is 11.8 Å². The summed E-state index contributed by atoms with van der Waals surface area (Å²) in [5.41, 5.74) is 0.334. The minimum absolute atomic E-state index is 0.210. The number of hydrogen-bond donors (Lipinski definition) is 2. The molecule has 0 atom stereocenters. The molecule has 1 aromatic heterocycles. The molecule has 0 unspecified atom stereocenters. The number of nitrogens with one attached hydrogen (secondary N) is 2. The maximum Gasteiger partial charge on any atom is 0.238 e. The SMILES string of the molecule is CCCNc1nc(NC(C)C)nc(OC)c1C#N. The average molecular weight is 249 g/mol. The lowest BCUT2D eigenvalue weighted by atomic mass is 10.3. The smallest absolute Gasteiger partial charge is 0.238 e. The Hall–Kier alpha value is -2.03. The summed E-state index contributed by atoms with van der Waals surface area (Å²) in [6.07, 6.45) is 0.949. The fourth-order valence-corrected chi connectivity index (χ4v) is 1.38. The maximum absolute atomic E-state index is 9.13. The van der Waals surface area contributed by atoms with Gasteiger partial charge in [0.15, 0.2) is 11.4 Å². The lowest BCUT2D eigenvalue weighted by molar-refractivity contribution is 0.396. The molecule has 1 heterocycles. The van der Waals surface area contributed by atoms with Gasteiger partial charge in [-0.15, -0.1) is 0 Å². The highest BCUT2D eigenvalue weighted by molar-refractivity contribution is 5.59. The molecule has 0 spiro atoms. The van der Waals surface area contributed by atoms with E-state index in [9.17, 15) is 0 Å². The summed E-state index contributed by atoms with van der Waals surface area (Å²) in [4.78, 5) is 8.46. The fraction of sp³-hybridized carbons (Fsp3) is 0.583. The van der Waals surface area contributed by atoms with Crippen molar-refractivity contribution in [3.63, 3.8) is 0 Å². The molecule has 0 bridgehead atoms. The first kappa shape index (κ1) is 14.0. The summed E-state index contributed by atoms with van der Waals surface area (Å²) in [7, 11) is 1.49. The Balaban J connectivity index is 3.14. The molecule has 0 aliphatic heterocycles. The fourth-order valence-electron chi connectivity index (χ4n) is 1.38. The lowest BCUT2D eigenvalue weighted by Gasteiger charge is -2.13. The van der Waals surface area contributed by atoms with Crippen molar-refractivity contribution in [1.29, 1.82) is 5.26 Å². The Morgan fingerprint density at radius 3 is 2.61 bits per heavy atom. The highest BCUT2D eigenvalue weighted by Crippen LogP contribution is 2.24. The molecule has 0 amide bonds. The van der Waals surface area contributed by atoms with E-state index in [0.717, 1.165) is 13.0 Å². The number of hydrogen-bond acceptors (Lipinski definition) is 6. The number of anilines is 2. The molecule has 98 valence electrons. The Morgan fingerprint density at radius 2 is 2.11 bits per heavy atom. The van der Waals surface area contributed by atoms with Crippen molar-refractivity contribution in [3.05, 3.63) is 5.56 Å². The quantitative estimate of drug-likeness (QED) is 0.802. The van der Waals surface area contributed by atoms with Crippen molar-refractivity contribution in [2.24, 2.45) is 0 Å². The first-order valence-corrected chi connectivity index (χ1v) is 5.98. The first-order valence-electron chi connectivity index (χ1n) is 5.98. The van der Waals surface area contributed by atoms with Gasteiger partial charge in [0, 0.05) is 12.6 Å². The van der Waals surface area contributed by atoms with Crippen LogP contribution in [0, 0.1) is 11.3 Å². The average Bonchev–Trinajstić information content (AvgIpc) is 2.34. The second-order valence-electron chi connectivity index (χ2n) is 4.12. The second-order valence-corrected chi connectivity index (χ2v) is 4.12. The minimum Gasteiger partial charge on any atom is -0.480 e.